The number of ketones is 1. The predicted molar refractivity (Wildman–Crippen MR) is 70.2 cm³/mol. The van der Waals surface area contributed by atoms with Gasteiger partial charge in [0.15, 0.2) is 5.78 Å². The largest absolute Gasteiger partial charge is 0.361 e. The van der Waals surface area contributed by atoms with Crippen molar-refractivity contribution < 1.29 is 4.79 Å². The molecular weight excluding hydrogens is 301 g/mol. The Morgan fingerprint density at radius 2 is 2.33 bits per heavy atom. The van der Waals surface area contributed by atoms with Gasteiger partial charge in [-0.05, 0) is 60.6 Å². The molecule has 0 saturated carbocycles. The first-order chi connectivity index (χ1) is 7.18. The Hall–Kier alpha value is -0.580. The lowest BCUT2D eigenvalue weighted by Gasteiger charge is -2.24. The third-order valence-electron chi connectivity index (χ3n) is 2.86. The standard InChI is InChI=1S/C12H14INO/c1-9(15)12-6-3-7-14(12)11-5-2-4-10(13)8-11/h2,4-5,8,12H,3,6-7H2,1H3. The van der Waals surface area contributed by atoms with Crippen LogP contribution in [0, 0.1) is 3.57 Å². The molecule has 0 N–H and O–H groups in total. The van der Waals surface area contributed by atoms with E-state index in [9.17, 15) is 4.79 Å². The number of carbonyl (C=O) groups is 1. The highest BCUT2D eigenvalue weighted by Crippen LogP contribution is 2.26. The second kappa shape index (κ2) is 4.51. The molecule has 2 rings (SSSR count). The molecule has 1 aliphatic rings. The Bertz CT molecular complexity index is 378. The molecule has 0 bridgehead atoms. The number of Topliss-reactive ketones (excluding diaryl/α,β-unsaturated/α-hetero) is 1. The van der Waals surface area contributed by atoms with Gasteiger partial charge in [-0.25, -0.2) is 0 Å². The van der Waals surface area contributed by atoms with E-state index in [-0.39, 0.29) is 11.8 Å². The number of hydrogen-bond acceptors (Lipinski definition) is 2. The normalized spacial score (nSPS) is 20.7. The molecule has 1 heterocycles. The summed E-state index contributed by atoms with van der Waals surface area (Å²) in [6.45, 7) is 2.70. The number of hydrogen-bond donors (Lipinski definition) is 0. The summed E-state index contributed by atoms with van der Waals surface area (Å²) in [5, 5.41) is 0. The van der Waals surface area contributed by atoms with Crippen LogP contribution >= 0.6 is 22.6 Å². The van der Waals surface area contributed by atoms with Crippen molar-refractivity contribution in [1.82, 2.24) is 0 Å². The lowest BCUT2D eigenvalue weighted by molar-refractivity contribution is -0.118. The topological polar surface area (TPSA) is 20.3 Å². The maximum atomic E-state index is 11.5. The fourth-order valence-electron chi connectivity index (χ4n) is 2.15. The third-order valence-corrected chi connectivity index (χ3v) is 3.53. The van der Waals surface area contributed by atoms with E-state index < -0.39 is 0 Å². The van der Waals surface area contributed by atoms with E-state index in [1.165, 1.54) is 9.26 Å². The fourth-order valence-corrected chi connectivity index (χ4v) is 2.68. The zero-order valence-corrected chi connectivity index (χ0v) is 10.9. The first-order valence-electron chi connectivity index (χ1n) is 5.21. The first kappa shape index (κ1) is 10.9. The van der Waals surface area contributed by atoms with Crippen LogP contribution in [0.1, 0.15) is 19.8 Å². The summed E-state index contributed by atoms with van der Waals surface area (Å²) in [5.74, 6) is 0.284. The summed E-state index contributed by atoms with van der Waals surface area (Å²) in [6, 6.07) is 8.45. The Balaban J connectivity index is 2.26. The molecule has 15 heavy (non-hydrogen) atoms. The van der Waals surface area contributed by atoms with Gasteiger partial charge in [-0.1, -0.05) is 6.07 Å². The van der Waals surface area contributed by atoms with Gasteiger partial charge < -0.3 is 4.90 Å². The summed E-state index contributed by atoms with van der Waals surface area (Å²) in [5.41, 5.74) is 1.18. The van der Waals surface area contributed by atoms with Crippen molar-refractivity contribution in [2.45, 2.75) is 25.8 Å². The molecule has 1 fully saturated rings. The zero-order chi connectivity index (χ0) is 10.8. The highest BCUT2D eigenvalue weighted by atomic mass is 127. The third kappa shape index (κ3) is 2.33. The zero-order valence-electron chi connectivity index (χ0n) is 8.74. The fraction of sp³-hybridized carbons (Fsp3) is 0.417. The van der Waals surface area contributed by atoms with E-state index in [1.54, 1.807) is 6.92 Å². The van der Waals surface area contributed by atoms with E-state index in [2.05, 4.69) is 45.7 Å². The lowest BCUT2D eigenvalue weighted by Crippen LogP contribution is -2.34. The molecule has 1 aromatic carbocycles. The van der Waals surface area contributed by atoms with Crippen LogP contribution in [-0.4, -0.2) is 18.4 Å². The van der Waals surface area contributed by atoms with Crippen LogP contribution in [0.3, 0.4) is 0 Å². The molecule has 0 aliphatic carbocycles. The number of nitrogens with zero attached hydrogens (tertiary/aromatic N) is 1. The number of carbonyl (C=O) groups excluding carboxylic acids is 1. The molecule has 0 amide bonds. The van der Waals surface area contributed by atoms with Crippen LogP contribution in [0.2, 0.25) is 0 Å². The molecule has 3 heteroatoms. The van der Waals surface area contributed by atoms with Crippen LogP contribution in [0.5, 0.6) is 0 Å². The van der Waals surface area contributed by atoms with Crippen LogP contribution < -0.4 is 4.90 Å². The molecule has 0 radical (unpaired) electrons. The van der Waals surface area contributed by atoms with Gasteiger partial charge in [-0.3, -0.25) is 4.79 Å². The van der Waals surface area contributed by atoms with Crippen LogP contribution in [0.15, 0.2) is 24.3 Å². The van der Waals surface area contributed by atoms with Crippen LogP contribution in [0.25, 0.3) is 0 Å². The molecule has 1 atom stereocenters. The minimum Gasteiger partial charge on any atom is -0.361 e. The molecule has 1 unspecified atom stereocenters. The van der Waals surface area contributed by atoms with Crippen molar-refractivity contribution in [2.75, 3.05) is 11.4 Å². The average molecular weight is 315 g/mol. The molecular formula is C12H14INO. The Morgan fingerprint density at radius 1 is 1.53 bits per heavy atom. The molecule has 1 saturated heterocycles. The van der Waals surface area contributed by atoms with Crippen molar-refractivity contribution >= 4 is 34.1 Å². The van der Waals surface area contributed by atoms with E-state index >= 15 is 0 Å². The van der Waals surface area contributed by atoms with Gasteiger partial charge in [0.2, 0.25) is 0 Å². The smallest absolute Gasteiger partial charge is 0.152 e. The van der Waals surface area contributed by atoms with Crippen molar-refractivity contribution in [1.29, 1.82) is 0 Å². The van der Waals surface area contributed by atoms with E-state index in [4.69, 9.17) is 0 Å². The Morgan fingerprint density at radius 3 is 3.00 bits per heavy atom. The molecule has 80 valence electrons. The summed E-state index contributed by atoms with van der Waals surface area (Å²) in [7, 11) is 0. The number of halogens is 1. The number of rotatable bonds is 2. The minimum absolute atomic E-state index is 0.100. The summed E-state index contributed by atoms with van der Waals surface area (Å²) < 4.78 is 1.22. The van der Waals surface area contributed by atoms with Gasteiger partial charge >= 0.3 is 0 Å². The van der Waals surface area contributed by atoms with Gasteiger partial charge in [0.25, 0.3) is 0 Å². The van der Waals surface area contributed by atoms with Gasteiger partial charge in [0.05, 0.1) is 6.04 Å². The second-order valence-corrected chi connectivity index (χ2v) is 5.19. The Kier molecular flexibility index (Phi) is 3.29. The van der Waals surface area contributed by atoms with E-state index in [0.717, 1.165) is 19.4 Å². The summed E-state index contributed by atoms with van der Waals surface area (Å²) in [6.07, 6.45) is 2.12. The van der Waals surface area contributed by atoms with Crippen molar-refractivity contribution in [2.24, 2.45) is 0 Å². The average Bonchev–Trinajstić information content (AvgIpc) is 2.65. The van der Waals surface area contributed by atoms with Crippen molar-refractivity contribution in [3.63, 3.8) is 0 Å². The predicted octanol–water partition coefficient (Wildman–Crippen LogP) is 2.85. The van der Waals surface area contributed by atoms with Gasteiger partial charge in [-0.2, -0.15) is 0 Å². The van der Waals surface area contributed by atoms with Crippen LogP contribution in [-0.2, 0) is 4.79 Å². The molecule has 2 nitrogen and oxygen atoms in total. The molecule has 0 aromatic heterocycles. The monoisotopic (exact) mass is 315 g/mol. The quantitative estimate of drug-likeness (QED) is 0.782. The van der Waals surface area contributed by atoms with Crippen molar-refractivity contribution in [3.8, 4) is 0 Å². The van der Waals surface area contributed by atoms with Gasteiger partial charge in [0, 0.05) is 15.8 Å². The SMILES string of the molecule is CC(=O)C1CCCN1c1cccc(I)c1. The van der Waals surface area contributed by atoms with Gasteiger partial charge in [-0.15, -0.1) is 0 Å². The lowest BCUT2D eigenvalue weighted by atomic mass is 10.1. The first-order valence-corrected chi connectivity index (χ1v) is 6.29. The van der Waals surface area contributed by atoms with Crippen LogP contribution in [0.4, 0.5) is 5.69 Å². The molecule has 1 aromatic rings. The minimum atomic E-state index is 0.100. The summed E-state index contributed by atoms with van der Waals surface area (Å²) >= 11 is 2.30. The van der Waals surface area contributed by atoms with E-state index in [0.29, 0.717) is 0 Å². The highest BCUT2D eigenvalue weighted by molar-refractivity contribution is 14.1. The summed E-state index contributed by atoms with van der Waals surface area (Å²) in [4.78, 5) is 13.7. The second-order valence-electron chi connectivity index (χ2n) is 3.94. The van der Waals surface area contributed by atoms with E-state index in [1.807, 2.05) is 6.07 Å². The maximum Gasteiger partial charge on any atom is 0.152 e. The van der Waals surface area contributed by atoms with Crippen molar-refractivity contribution in [3.05, 3.63) is 27.8 Å². The number of benzene rings is 1. The highest BCUT2D eigenvalue weighted by Gasteiger charge is 2.27. The maximum absolute atomic E-state index is 11.5. The molecule has 0 spiro atoms. The molecule has 1 aliphatic heterocycles. The van der Waals surface area contributed by atoms with Gasteiger partial charge in [0.1, 0.15) is 0 Å². The number of anilines is 1. The Labute approximate surface area is 104 Å².